The van der Waals surface area contributed by atoms with Crippen molar-refractivity contribution < 1.29 is 33.3 Å². The molecule has 3 rings (SSSR count). The fourth-order valence-corrected chi connectivity index (χ4v) is 3.27. The van der Waals surface area contributed by atoms with Gasteiger partial charge in [-0.25, -0.2) is 9.59 Å². The molecule has 1 fully saturated rings. The molecule has 0 N–H and O–H groups in total. The van der Waals surface area contributed by atoms with E-state index < -0.39 is 11.9 Å². The molecule has 0 radical (unpaired) electrons. The van der Waals surface area contributed by atoms with Crippen molar-refractivity contribution in [3.05, 3.63) is 35.5 Å². The van der Waals surface area contributed by atoms with Crippen molar-refractivity contribution in [2.75, 3.05) is 52.2 Å². The zero-order valence-electron chi connectivity index (χ0n) is 16.5. The van der Waals surface area contributed by atoms with E-state index >= 15 is 0 Å². The number of anilines is 1. The number of carbonyl (C=O) groups is 3. The number of hydrogen-bond donors (Lipinski definition) is 0. The molecule has 0 saturated carbocycles. The van der Waals surface area contributed by atoms with Gasteiger partial charge in [-0.2, -0.15) is 0 Å². The van der Waals surface area contributed by atoms with Crippen molar-refractivity contribution in [2.24, 2.45) is 0 Å². The molecule has 29 heavy (non-hydrogen) atoms. The Kier molecular flexibility index (Phi) is 6.71. The normalized spacial score (nSPS) is 16.6. The molecule has 2 aliphatic rings. The monoisotopic (exact) mass is 404 g/mol. The highest BCUT2D eigenvalue weighted by Gasteiger charge is 2.32. The van der Waals surface area contributed by atoms with Gasteiger partial charge in [-0.3, -0.25) is 4.79 Å². The maximum atomic E-state index is 12.3. The molecule has 2 heterocycles. The average Bonchev–Trinajstić information content (AvgIpc) is 3.31. The van der Waals surface area contributed by atoms with Crippen LogP contribution in [0.25, 0.3) is 0 Å². The molecule has 0 aromatic heterocycles. The van der Waals surface area contributed by atoms with E-state index in [1.807, 2.05) is 0 Å². The second-order valence-electron chi connectivity index (χ2n) is 6.59. The van der Waals surface area contributed by atoms with E-state index in [1.54, 1.807) is 29.2 Å². The lowest BCUT2D eigenvalue weighted by molar-refractivity contribution is -0.140. The van der Waals surface area contributed by atoms with E-state index in [1.165, 1.54) is 19.1 Å². The Morgan fingerprint density at radius 2 is 1.66 bits per heavy atom. The fraction of sp³-hybridized carbons (Fsp3) is 0.450. The van der Waals surface area contributed by atoms with Crippen LogP contribution in [0.15, 0.2) is 35.5 Å². The smallest absolute Gasteiger partial charge is 0.355 e. The van der Waals surface area contributed by atoms with E-state index in [2.05, 4.69) is 0 Å². The highest BCUT2D eigenvalue weighted by atomic mass is 16.5. The van der Waals surface area contributed by atoms with Gasteiger partial charge in [0, 0.05) is 18.8 Å². The Morgan fingerprint density at radius 1 is 1.00 bits per heavy atom. The van der Waals surface area contributed by atoms with E-state index in [0.717, 1.165) is 25.9 Å². The van der Waals surface area contributed by atoms with Gasteiger partial charge >= 0.3 is 11.9 Å². The standard InChI is InChI=1S/C20H24N2O7/c1-26-19(24)16-11-28-13-22(18(16)20(25)27-2)14-5-7-15(8-6-14)29-12-17(23)21-9-3-4-10-21/h5-8H,3-4,9-13H2,1-2H3. The summed E-state index contributed by atoms with van der Waals surface area (Å²) in [7, 11) is 2.48. The highest BCUT2D eigenvalue weighted by molar-refractivity contribution is 6.03. The van der Waals surface area contributed by atoms with Crippen LogP contribution in [0, 0.1) is 0 Å². The van der Waals surface area contributed by atoms with Crippen LogP contribution in [0.2, 0.25) is 0 Å². The molecule has 9 heteroatoms. The molecule has 9 nitrogen and oxygen atoms in total. The fourth-order valence-electron chi connectivity index (χ4n) is 3.27. The molecule has 0 bridgehead atoms. The second kappa shape index (κ2) is 9.42. The lowest BCUT2D eigenvalue weighted by Crippen LogP contribution is -2.38. The molecule has 2 aliphatic heterocycles. The molecule has 1 aromatic carbocycles. The Bertz CT molecular complexity index is 798. The van der Waals surface area contributed by atoms with E-state index in [4.69, 9.17) is 18.9 Å². The number of benzene rings is 1. The summed E-state index contributed by atoms with van der Waals surface area (Å²) in [5.74, 6) is -0.827. The summed E-state index contributed by atoms with van der Waals surface area (Å²) in [4.78, 5) is 39.7. The number of rotatable bonds is 6. The molecule has 1 saturated heterocycles. The molecular formula is C20H24N2O7. The SMILES string of the molecule is COC(=O)C1=C(C(=O)OC)N(c2ccc(OCC(=O)N3CCCC3)cc2)COC1. The number of hydrogen-bond acceptors (Lipinski definition) is 8. The van der Waals surface area contributed by atoms with Crippen molar-refractivity contribution in [1.29, 1.82) is 0 Å². The predicted octanol–water partition coefficient (Wildman–Crippen LogP) is 1.08. The molecule has 0 unspecified atom stereocenters. The third kappa shape index (κ3) is 4.68. The first-order valence-corrected chi connectivity index (χ1v) is 9.31. The van der Waals surface area contributed by atoms with Crippen LogP contribution in [0.5, 0.6) is 5.75 Å². The van der Waals surface area contributed by atoms with Gasteiger partial charge in [0.1, 0.15) is 18.2 Å². The number of methoxy groups -OCH3 is 2. The van der Waals surface area contributed by atoms with Crippen LogP contribution >= 0.6 is 0 Å². The van der Waals surface area contributed by atoms with Gasteiger partial charge in [0.25, 0.3) is 5.91 Å². The number of likely N-dealkylation sites (tertiary alicyclic amines) is 1. The summed E-state index contributed by atoms with van der Waals surface area (Å²) in [5, 5.41) is 0. The first kappa shape index (κ1) is 20.7. The first-order valence-electron chi connectivity index (χ1n) is 9.31. The molecule has 1 amide bonds. The zero-order valence-corrected chi connectivity index (χ0v) is 16.5. The maximum Gasteiger partial charge on any atom is 0.355 e. The van der Waals surface area contributed by atoms with E-state index in [0.29, 0.717) is 11.4 Å². The molecular weight excluding hydrogens is 380 g/mol. The maximum absolute atomic E-state index is 12.3. The topological polar surface area (TPSA) is 94.6 Å². The van der Waals surface area contributed by atoms with Gasteiger partial charge in [0.05, 0.1) is 26.4 Å². The summed E-state index contributed by atoms with van der Waals surface area (Å²) < 4.78 is 20.6. The number of ether oxygens (including phenoxy) is 4. The minimum Gasteiger partial charge on any atom is -0.484 e. The van der Waals surface area contributed by atoms with Gasteiger partial charge in [0.2, 0.25) is 0 Å². The number of nitrogens with zero attached hydrogens (tertiary/aromatic N) is 2. The van der Waals surface area contributed by atoms with Crippen LogP contribution in [-0.4, -0.2) is 70.0 Å². The van der Waals surface area contributed by atoms with Crippen LogP contribution in [0.1, 0.15) is 12.8 Å². The summed E-state index contributed by atoms with van der Waals surface area (Å²) in [6, 6.07) is 6.80. The summed E-state index contributed by atoms with van der Waals surface area (Å²) >= 11 is 0. The highest BCUT2D eigenvalue weighted by Crippen LogP contribution is 2.28. The minimum absolute atomic E-state index is 0.0219. The predicted molar refractivity (Wildman–Crippen MR) is 102 cm³/mol. The van der Waals surface area contributed by atoms with Crippen molar-refractivity contribution in [3.63, 3.8) is 0 Å². The summed E-state index contributed by atoms with van der Waals surface area (Å²) in [6.45, 7) is 1.56. The number of amides is 1. The third-order valence-electron chi connectivity index (χ3n) is 4.80. The van der Waals surface area contributed by atoms with Gasteiger partial charge in [-0.15, -0.1) is 0 Å². The van der Waals surface area contributed by atoms with Crippen molar-refractivity contribution in [1.82, 2.24) is 4.90 Å². The lowest BCUT2D eigenvalue weighted by Gasteiger charge is -2.31. The van der Waals surface area contributed by atoms with Crippen molar-refractivity contribution in [2.45, 2.75) is 12.8 Å². The van der Waals surface area contributed by atoms with Crippen molar-refractivity contribution in [3.8, 4) is 5.75 Å². The number of carbonyl (C=O) groups excluding carboxylic acids is 3. The Hall–Kier alpha value is -3.07. The summed E-state index contributed by atoms with van der Waals surface area (Å²) in [6.07, 6.45) is 2.06. The largest absolute Gasteiger partial charge is 0.484 e. The average molecular weight is 404 g/mol. The van der Waals surface area contributed by atoms with Crippen LogP contribution in [0.4, 0.5) is 5.69 Å². The second-order valence-corrected chi connectivity index (χ2v) is 6.59. The van der Waals surface area contributed by atoms with E-state index in [9.17, 15) is 14.4 Å². The van der Waals surface area contributed by atoms with E-state index in [-0.39, 0.29) is 37.1 Å². The van der Waals surface area contributed by atoms with Gasteiger partial charge in [0.15, 0.2) is 6.61 Å². The Labute approximate surface area is 168 Å². The van der Waals surface area contributed by atoms with Crippen LogP contribution in [0.3, 0.4) is 0 Å². The number of esters is 2. The molecule has 0 spiro atoms. The lowest BCUT2D eigenvalue weighted by atomic mass is 10.1. The van der Waals surface area contributed by atoms with Crippen molar-refractivity contribution >= 4 is 23.5 Å². The molecule has 1 aromatic rings. The Morgan fingerprint density at radius 3 is 2.28 bits per heavy atom. The third-order valence-corrected chi connectivity index (χ3v) is 4.80. The van der Waals surface area contributed by atoms with Gasteiger partial charge in [-0.05, 0) is 37.1 Å². The van der Waals surface area contributed by atoms with Gasteiger partial charge < -0.3 is 28.7 Å². The quantitative estimate of drug-likeness (QED) is 0.650. The Balaban J connectivity index is 1.74. The molecule has 156 valence electrons. The minimum atomic E-state index is -0.662. The van der Waals surface area contributed by atoms with Gasteiger partial charge in [-0.1, -0.05) is 0 Å². The summed E-state index contributed by atoms with van der Waals surface area (Å²) in [5.41, 5.74) is 0.760. The van der Waals surface area contributed by atoms with Crippen LogP contribution in [-0.2, 0) is 28.6 Å². The van der Waals surface area contributed by atoms with Crippen LogP contribution < -0.4 is 9.64 Å². The first-order chi connectivity index (χ1) is 14.0. The molecule has 0 aliphatic carbocycles. The molecule has 0 atom stereocenters. The zero-order chi connectivity index (χ0) is 20.8.